The molecule has 3 nitrogen and oxygen atoms in total. The van der Waals surface area contributed by atoms with Crippen LogP contribution in [0.15, 0.2) is 0 Å². The highest BCUT2D eigenvalue weighted by molar-refractivity contribution is 7.89. The summed E-state index contributed by atoms with van der Waals surface area (Å²) in [6.45, 7) is 1.36. The molecule has 0 heterocycles. The molecule has 0 amide bonds. The van der Waals surface area contributed by atoms with Crippen molar-refractivity contribution in [1.29, 1.82) is 0 Å². The third kappa shape index (κ3) is 5.91. The molecule has 0 N–H and O–H groups in total. The largest absolute Gasteiger partial charge is 0.402 e. The van der Waals surface area contributed by atoms with E-state index in [1.807, 2.05) is 0 Å². The van der Waals surface area contributed by atoms with Crippen molar-refractivity contribution in [2.75, 3.05) is 18.2 Å². The summed E-state index contributed by atoms with van der Waals surface area (Å²) in [4.78, 5) is 0. The molecule has 0 rings (SSSR count). The summed E-state index contributed by atoms with van der Waals surface area (Å²) in [7, 11) is -3.89. The fourth-order valence-electron chi connectivity index (χ4n) is 1.13. The molecule has 0 aliphatic heterocycles. The van der Waals surface area contributed by atoms with Crippen LogP contribution >= 0.6 is 11.6 Å². The van der Waals surface area contributed by atoms with E-state index in [0.717, 1.165) is 0 Å². The van der Waals surface area contributed by atoms with Gasteiger partial charge in [0.05, 0.1) is 5.75 Å². The summed E-state index contributed by atoms with van der Waals surface area (Å²) in [5, 5.41) is 0. The summed E-state index contributed by atoms with van der Waals surface area (Å²) in [6.07, 6.45) is -4.39. The van der Waals surface area contributed by atoms with Gasteiger partial charge in [0.15, 0.2) is 0 Å². The van der Waals surface area contributed by atoms with Gasteiger partial charge in [0.1, 0.15) is 6.54 Å². The van der Waals surface area contributed by atoms with Crippen LogP contribution in [-0.4, -0.2) is 43.1 Å². The summed E-state index contributed by atoms with van der Waals surface area (Å²) < 4.78 is 60.2. The van der Waals surface area contributed by atoms with E-state index >= 15 is 0 Å². The Morgan fingerprint density at radius 3 is 2.12 bits per heavy atom. The van der Waals surface area contributed by atoms with Gasteiger partial charge in [-0.05, 0) is 20.3 Å². The average molecular weight is 282 g/mol. The number of hydrogen-bond donors (Lipinski definition) is 0. The fraction of sp³-hybridized carbons (Fsp3) is 1.00. The minimum absolute atomic E-state index is 0.108. The van der Waals surface area contributed by atoms with Crippen molar-refractivity contribution in [3.05, 3.63) is 0 Å². The molecule has 0 spiro atoms. The highest BCUT2D eigenvalue weighted by Gasteiger charge is 2.37. The number of hydrogen-bond acceptors (Lipinski definition) is 2. The molecule has 0 aromatic heterocycles. The van der Waals surface area contributed by atoms with Crippen molar-refractivity contribution >= 4 is 21.6 Å². The van der Waals surface area contributed by atoms with Gasteiger partial charge in [-0.1, -0.05) is 0 Å². The van der Waals surface area contributed by atoms with E-state index in [1.165, 1.54) is 13.8 Å². The zero-order valence-corrected chi connectivity index (χ0v) is 10.7. The molecule has 0 saturated heterocycles. The lowest BCUT2D eigenvalue weighted by atomic mass is 10.4. The second kappa shape index (κ2) is 6.07. The van der Waals surface area contributed by atoms with E-state index < -0.39 is 28.8 Å². The lowest BCUT2D eigenvalue weighted by Crippen LogP contribution is -2.44. The Morgan fingerprint density at radius 2 is 1.81 bits per heavy atom. The molecular formula is C8H15ClF3NO2S. The van der Waals surface area contributed by atoms with Crippen molar-refractivity contribution in [1.82, 2.24) is 4.31 Å². The summed E-state index contributed by atoms with van der Waals surface area (Å²) in [5.41, 5.74) is 0. The maximum Gasteiger partial charge on any atom is 0.402 e. The molecule has 0 aliphatic carbocycles. The monoisotopic (exact) mass is 281 g/mol. The van der Waals surface area contributed by atoms with Gasteiger partial charge < -0.3 is 0 Å². The number of sulfonamides is 1. The summed E-state index contributed by atoms with van der Waals surface area (Å²) in [5.74, 6) is -0.248. The molecule has 98 valence electrons. The van der Waals surface area contributed by atoms with Crippen molar-refractivity contribution in [3.8, 4) is 0 Å². The second-order valence-electron chi connectivity index (χ2n) is 3.61. The van der Waals surface area contributed by atoms with Gasteiger partial charge in [0, 0.05) is 11.9 Å². The molecule has 8 heteroatoms. The maximum absolute atomic E-state index is 12.2. The van der Waals surface area contributed by atoms with E-state index in [4.69, 9.17) is 11.6 Å². The first-order valence-corrected chi connectivity index (χ1v) is 6.87. The molecule has 0 aromatic rings. The van der Waals surface area contributed by atoms with Crippen LogP contribution in [0.25, 0.3) is 0 Å². The summed E-state index contributed by atoms with van der Waals surface area (Å²) >= 11 is 5.32. The van der Waals surface area contributed by atoms with E-state index in [0.29, 0.717) is 4.31 Å². The molecular weight excluding hydrogens is 267 g/mol. The molecule has 16 heavy (non-hydrogen) atoms. The highest BCUT2D eigenvalue weighted by atomic mass is 35.5. The predicted octanol–water partition coefficient (Wildman–Crippen LogP) is 2.22. The molecule has 0 fully saturated rings. The van der Waals surface area contributed by atoms with Crippen molar-refractivity contribution in [2.45, 2.75) is 32.5 Å². The molecule has 0 unspecified atom stereocenters. The number of rotatable bonds is 6. The molecule has 0 atom stereocenters. The van der Waals surface area contributed by atoms with Crippen LogP contribution in [0, 0.1) is 0 Å². The molecule has 0 radical (unpaired) electrons. The SMILES string of the molecule is CC(C)N(CC(F)(F)F)S(=O)(=O)CCCCl. The minimum Gasteiger partial charge on any atom is -0.212 e. The lowest BCUT2D eigenvalue weighted by Gasteiger charge is -2.26. The number of alkyl halides is 4. The predicted molar refractivity (Wildman–Crippen MR) is 57.0 cm³/mol. The Kier molecular flexibility index (Phi) is 6.06. The van der Waals surface area contributed by atoms with Crippen LogP contribution in [-0.2, 0) is 10.0 Å². The van der Waals surface area contributed by atoms with Crippen LogP contribution in [0.3, 0.4) is 0 Å². The Hall–Kier alpha value is -0.0100. The minimum atomic E-state index is -4.53. The van der Waals surface area contributed by atoms with Crippen molar-refractivity contribution in [3.63, 3.8) is 0 Å². The Labute approximate surface area is 98.6 Å². The first kappa shape index (κ1) is 16.0. The average Bonchev–Trinajstić information content (AvgIpc) is 2.09. The topological polar surface area (TPSA) is 37.4 Å². The lowest BCUT2D eigenvalue weighted by molar-refractivity contribution is -0.138. The van der Waals surface area contributed by atoms with E-state index in [1.54, 1.807) is 0 Å². The molecule has 0 aromatic carbocycles. The second-order valence-corrected chi connectivity index (χ2v) is 6.03. The standard InChI is InChI=1S/C8H15ClF3NO2S/c1-7(2)13(6-8(10,11)12)16(14,15)5-3-4-9/h7H,3-6H2,1-2H3. The van der Waals surface area contributed by atoms with Crippen LogP contribution in [0.5, 0.6) is 0 Å². The molecule has 0 aliphatic rings. The van der Waals surface area contributed by atoms with Gasteiger partial charge in [0.25, 0.3) is 0 Å². The number of halogens is 4. The number of nitrogens with zero attached hydrogens (tertiary/aromatic N) is 1. The van der Waals surface area contributed by atoms with Crippen LogP contribution in [0.4, 0.5) is 13.2 Å². The third-order valence-corrected chi connectivity index (χ3v) is 4.14. The normalized spacial score (nSPS) is 13.8. The van der Waals surface area contributed by atoms with E-state index in [-0.39, 0.29) is 18.1 Å². The van der Waals surface area contributed by atoms with Crippen LogP contribution in [0.1, 0.15) is 20.3 Å². The first-order valence-electron chi connectivity index (χ1n) is 4.72. The van der Waals surface area contributed by atoms with E-state index in [9.17, 15) is 21.6 Å². The Morgan fingerprint density at radius 1 is 1.31 bits per heavy atom. The van der Waals surface area contributed by atoms with Gasteiger partial charge in [-0.2, -0.15) is 17.5 Å². The van der Waals surface area contributed by atoms with E-state index in [2.05, 4.69) is 0 Å². The molecule has 0 saturated carbocycles. The Balaban J connectivity index is 4.78. The smallest absolute Gasteiger partial charge is 0.212 e. The van der Waals surface area contributed by atoms with Gasteiger partial charge in [0.2, 0.25) is 10.0 Å². The third-order valence-electron chi connectivity index (χ3n) is 1.80. The van der Waals surface area contributed by atoms with Gasteiger partial charge >= 0.3 is 6.18 Å². The fourth-order valence-corrected chi connectivity index (χ4v) is 3.15. The molecule has 0 bridgehead atoms. The van der Waals surface area contributed by atoms with Crippen LogP contribution in [0.2, 0.25) is 0 Å². The van der Waals surface area contributed by atoms with Crippen molar-refractivity contribution in [2.24, 2.45) is 0 Å². The van der Waals surface area contributed by atoms with Gasteiger partial charge in [-0.15, -0.1) is 11.6 Å². The van der Waals surface area contributed by atoms with Crippen LogP contribution < -0.4 is 0 Å². The van der Waals surface area contributed by atoms with Gasteiger partial charge in [-0.25, -0.2) is 8.42 Å². The zero-order chi connectivity index (χ0) is 13.0. The Bertz CT molecular complexity index is 303. The van der Waals surface area contributed by atoms with Gasteiger partial charge in [-0.3, -0.25) is 0 Å². The maximum atomic E-state index is 12.2. The first-order chi connectivity index (χ1) is 7.10. The van der Waals surface area contributed by atoms with Crippen molar-refractivity contribution < 1.29 is 21.6 Å². The highest BCUT2D eigenvalue weighted by Crippen LogP contribution is 2.21. The zero-order valence-electron chi connectivity index (χ0n) is 9.09. The summed E-state index contributed by atoms with van der Waals surface area (Å²) in [6, 6.07) is -0.720. The quantitative estimate of drug-likeness (QED) is 0.700.